The Kier molecular flexibility index (Phi) is 4.08. The van der Waals surface area contributed by atoms with Crippen LogP contribution in [0.2, 0.25) is 0 Å². The fourth-order valence-electron chi connectivity index (χ4n) is 1.56. The van der Waals surface area contributed by atoms with Crippen LogP contribution < -0.4 is 9.05 Å². The van der Waals surface area contributed by atoms with Gasteiger partial charge in [0.25, 0.3) is 0 Å². The van der Waals surface area contributed by atoms with Crippen molar-refractivity contribution in [3.63, 3.8) is 0 Å². The quantitative estimate of drug-likeness (QED) is 0.420. The van der Waals surface area contributed by atoms with Crippen LogP contribution in [0.3, 0.4) is 0 Å². The molecule has 0 bridgehead atoms. The van der Waals surface area contributed by atoms with E-state index < -0.39 is 11.4 Å². The first kappa shape index (κ1) is 16.3. The summed E-state index contributed by atoms with van der Waals surface area (Å²) in [5.41, 5.74) is -0.519. The molecule has 112 valence electrons. The molecule has 0 amide bonds. The molecule has 20 heavy (non-hydrogen) atoms. The summed E-state index contributed by atoms with van der Waals surface area (Å²) in [7, 11) is 0. The van der Waals surface area contributed by atoms with Crippen molar-refractivity contribution in [2.45, 2.75) is 20.8 Å². The van der Waals surface area contributed by atoms with E-state index in [1.807, 2.05) is 20.8 Å². The zero-order valence-electron chi connectivity index (χ0n) is 11.0. The van der Waals surface area contributed by atoms with Gasteiger partial charge < -0.3 is 0 Å². The minimum atomic E-state index is -4.39. The SMILES string of the molecule is CC(C)(C)C(OP1(Cl)(Cl)Oc2ccccc2O1)=C(Cl)Cl. The fraction of sp³-hybridized carbons (Fsp3) is 0.333. The zero-order valence-corrected chi connectivity index (χ0v) is 14.9. The van der Waals surface area contributed by atoms with E-state index in [1.165, 1.54) is 0 Å². The Morgan fingerprint density at radius 2 is 1.50 bits per heavy atom. The van der Waals surface area contributed by atoms with Gasteiger partial charge in [0.2, 0.25) is 0 Å². The zero-order chi connectivity index (χ0) is 15.2. The van der Waals surface area contributed by atoms with Gasteiger partial charge in [-0.25, -0.2) is 0 Å². The Balaban J connectivity index is 2.36. The minimum absolute atomic E-state index is 0.0778. The molecule has 0 unspecified atom stereocenters. The van der Waals surface area contributed by atoms with E-state index in [9.17, 15) is 0 Å². The van der Waals surface area contributed by atoms with Gasteiger partial charge >= 0.3 is 137 Å². The molecule has 0 saturated heterocycles. The number of para-hydroxylation sites is 2. The first-order valence-corrected chi connectivity index (χ1v) is 10.3. The van der Waals surface area contributed by atoms with E-state index in [4.69, 9.17) is 59.3 Å². The molecule has 1 aliphatic rings. The molecule has 0 N–H and O–H groups in total. The van der Waals surface area contributed by atoms with Gasteiger partial charge in [0.15, 0.2) is 0 Å². The van der Waals surface area contributed by atoms with Gasteiger partial charge in [-0.05, 0) is 0 Å². The van der Waals surface area contributed by atoms with Crippen molar-refractivity contribution in [1.29, 1.82) is 0 Å². The van der Waals surface area contributed by atoms with Gasteiger partial charge in [-0.15, -0.1) is 0 Å². The molecule has 0 fully saturated rings. The average molecular weight is 378 g/mol. The number of hydrogen-bond acceptors (Lipinski definition) is 3. The van der Waals surface area contributed by atoms with E-state index in [2.05, 4.69) is 0 Å². The van der Waals surface area contributed by atoms with E-state index in [0.29, 0.717) is 11.5 Å². The van der Waals surface area contributed by atoms with Crippen molar-refractivity contribution >= 4 is 51.7 Å². The monoisotopic (exact) mass is 376 g/mol. The molecule has 0 spiro atoms. The standard InChI is InChI=1S/C12H13Cl4O3P/c1-12(2,3)10(11(13)14)19-20(15,16)17-8-6-4-5-7-9(8)18-20/h4-7H,1-3H3. The molecule has 1 aliphatic heterocycles. The number of allylic oxidation sites excluding steroid dienone is 1. The maximum atomic E-state index is 6.31. The topological polar surface area (TPSA) is 27.7 Å². The molecule has 3 nitrogen and oxygen atoms in total. The van der Waals surface area contributed by atoms with Crippen LogP contribution in [0.25, 0.3) is 0 Å². The second-order valence-electron chi connectivity index (χ2n) is 5.26. The predicted molar refractivity (Wildman–Crippen MR) is 85.6 cm³/mol. The Bertz CT molecular complexity index is 547. The van der Waals surface area contributed by atoms with E-state index in [-0.39, 0.29) is 10.3 Å². The molecule has 8 heteroatoms. The number of fused-ring (bicyclic) bond motifs is 1. The molecule has 2 rings (SSSR count). The van der Waals surface area contributed by atoms with Gasteiger partial charge in [0.1, 0.15) is 0 Å². The Morgan fingerprint density at radius 3 is 1.85 bits per heavy atom. The third-order valence-corrected chi connectivity index (χ3v) is 5.44. The number of rotatable bonds is 2. The van der Waals surface area contributed by atoms with E-state index in [0.717, 1.165) is 0 Å². The molecular formula is C12H13Cl4O3P. The van der Waals surface area contributed by atoms with Crippen LogP contribution in [0.4, 0.5) is 0 Å². The van der Waals surface area contributed by atoms with Crippen LogP contribution in [0, 0.1) is 5.41 Å². The van der Waals surface area contributed by atoms with Crippen molar-refractivity contribution in [3.8, 4) is 11.5 Å². The van der Waals surface area contributed by atoms with Crippen LogP contribution in [0.15, 0.2) is 34.5 Å². The molecule has 0 radical (unpaired) electrons. The van der Waals surface area contributed by atoms with Crippen molar-refractivity contribution < 1.29 is 13.6 Å². The van der Waals surface area contributed by atoms with E-state index in [1.54, 1.807) is 24.3 Å². The summed E-state index contributed by atoms with van der Waals surface area (Å²) in [5, 5.41) is 0. The maximum absolute atomic E-state index is 6.31. The van der Waals surface area contributed by atoms with Crippen molar-refractivity contribution in [2.24, 2.45) is 5.41 Å². The summed E-state index contributed by atoms with van der Waals surface area (Å²) in [4.78, 5) is 0. The molecular weight excluding hydrogens is 365 g/mol. The van der Waals surface area contributed by atoms with Gasteiger partial charge in [-0.3, -0.25) is 0 Å². The first-order chi connectivity index (χ1) is 8.99. The number of halogens is 4. The van der Waals surface area contributed by atoms with Crippen molar-refractivity contribution in [3.05, 3.63) is 34.5 Å². The molecule has 1 heterocycles. The Hall–Kier alpha value is -0.0500. The molecule has 0 saturated carbocycles. The molecule has 0 aliphatic carbocycles. The van der Waals surface area contributed by atoms with Crippen LogP contribution in [0.5, 0.6) is 11.5 Å². The first-order valence-electron chi connectivity index (χ1n) is 5.70. The fourth-order valence-corrected chi connectivity index (χ4v) is 5.31. The number of benzene rings is 1. The molecule has 1 aromatic carbocycles. The predicted octanol–water partition coefficient (Wildman–Crippen LogP) is 6.77. The second-order valence-corrected chi connectivity index (χ2v) is 12.2. The normalized spacial score (nSPS) is 20.6. The van der Waals surface area contributed by atoms with Crippen molar-refractivity contribution in [2.75, 3.05) is 0 Å². The van der Waals surface area contributed by atoms with Crippen LogP contribution >= 0.6 is 51.7 Å². The summed E-state index contributed by atoms with van der Waals surface area (Å²) in [5.74, 6) is -3.36. The van der Waals surface area contributed by atoms with Crippen molar-refractivity contribution in [1.82, 2.24) is 0 Å². The molecule has 0 aromatic heterocycles. The summed E-state index contributed by atoms with van der Waals surface area (Å²) in [6.07, 6.45) is 0. The van der Waals surface area contributed by atoms with Crippen LogP contribution in [-0.2, 0) is 4.52 Å². The van der Waals surface area contributed by atoms with Crippen LogP contribution in [0.1, 0.15) is 20.8 Å². The van der Waals surface area contributed by atoms with E-state index >= 15 is 0 Å². The third kappa shape index (κ3) is 3.40. The Morgan fingerprint density at radius 1 is 1.05 bits per heavy atom. The molecule has 1 aromatic rings. The summed E-state index contributed by atoms with van der Waals surface area (Å²) < 4.78 is 16.6. The summed E-state index contributed by atoms with van der Waals surface area (Å²) in [6, 6.07) is 6.90. The Labute approximate surface area is 137 Å². The van der Waals surface area contributed by atoms with Gasteiger partial charge in [0, 0.05) is 0 Å². The summed E-state index contributed by atoms with van der Waals surface area (Å²) in [6.45, 7) is 5.55. The van der Waals surface area contributed by atoms with Gasteiger partial charge in [-0.1, -0.05) is 0 Å². The van der Waals surface area contributed by atoms with Crippen LogP contribution in [-0.4, -0.2) is 0 Å². The third-order valence-electron chi connectivity index (χ3n) is 2.42. The average Bonchev–Trinajstić information content (AvgIpc) is 2.56. The number of hydrogen-bond donors (Lipinski definition) is 0. The second kappa shape index (κ2) is 5.00. The molecule has 0 atom stereocenters. The summed E-state index contributed by atoms with van der Waals surface area (Å²) >= 11 is 24.3. The van der Waals surface area contributed by atoms with Gasteiger partial charge in [0.05, 0.1) is 0 Å². The van der Waals surface area contributed by atoms with Gasteiger partial charge in [-0.2, -0.15) is 0 Å².